The van der Waals surface area contributed by atoms with Crippen molar-refractivity contribution in [2.45, 2.75) is 0 Å². The summed E-state index contributed by atoms with van der Waals surface area (Å²) in [5.74, 6) is 1.61. The number of nitrogens with zero attached hydrogens (tertiary/aromatic N) is 4. The van der Waals surface area contributed by atoms with Gasteiger partial charge in [-0.2, -0.15) is 0 Å². The Bertz CT molecular complexity index is 834. The molecule has 140 valence electrons. The van der Waals surface area contributed by atoms with Gasteiger partial charge in [-0.05, 0) is 24.3 Å². The Hall–Kier alpha value is -3.36. The van der Waals surface area contributed by atoms with Crippen LogP contribution in [0.5, 0.6) is 11.5 Å². The van der Waals surface area contributed by atoms with Crippen molar-refractivity contribution in [2.24, 2.45) is 0 Å². The largest absolute Gasteiger partial charge is 0.486 e. The molecule has 0 saturated carbocycles. The lowest BCUT2D eigenvalue weighted by Gasteiger charge is -2.32. The second kappa shape index (κ2) is 7.48. The Kier molecular flexibility index (Phi) is 4.73. The highest BCUT2D eigenvalue weighted by molar-refractivity contribution is 6.03. The van der Waals surface area contributed by atoms with E-state index in [1.54, 1.807) is 35.2 Å². The number of carbonyl (C=O) groups is 2. The molecule has 1 aromatic heterocycles. The topological polar surface area (TPSA) is 96.9 Å². The number of fused-ring (bicyclic) bond motifs is 1. The second-order valence-electron chi connectivity index (χ2n) is 6.22. The summed E-state index contributed by atoms with van der Waals surface area (Å²) < 4.78 is 11.0. The molecule has 2 aromatic rings. The highest BCUT2D eigenvalue weighted by Gasteiger charge is 2.18. The van der Waals surface area contributed by atoms with Crippen LogP contribution in [0.25, 0.3) is 0 Å². The molecule has 27 heavy (non-hydrogen) atoms. The molecule has 1 saturated heterocycles. The van der Waals surface area contributed by atoms with Crippen molar-refractivity contribution >= 4 is 23.8 Å². The van der Waals surface area contributed by atoms with E-state index in [1.807, 2.05) is 4.90 Å². The van der Waals surface area contributed by atoms with Crippen molar-refractivity contribution in [1.82, 2.24) is 15.1 Å². The van der Waals surface area contributed by atoms with Gasteiger partial charge in [-0.1, -0.05) is 0 Å². The van der Waals surface area contributed by atoms with E-state index >= 15 is 0 Å². The van der Waals surface area contributed by atoms with Crippen molar-refractivity contribution in [3.05, 3.63) is 36.0 Å². The molecular weight excluding hydrogens is 350 g/mol. The van der Waals surface area contributed by atoms with Gasteiger partial charge in [0.25, 0.3) is 5.91 Å². The molecule has 0 radical (unpaired) electrons. The van der Waals surface area contributed by atoms with Crippen LogP contribution in [0.4, 0.5) is 11.5 Å². The molecule has 1 aromatic carbocycles. The molecule has 9 heteroatoms. The molecule has 0 aliphatic carbocycles. The monoisotopic (exact) mass is 369 g/mol. The summed E-state index contributed by atoms with van der Waals surface area (Å²) in [6.45, 7) is 3.69. The Morgan fingerprint density at radius 3 is 2.48 bits per heavy atom. The van der Waals surface area contributed by atoms with Crippen LogP contribution in [0.3, 0.4) is 0 Å². The van der Waals surface area contributed by atoms with Crippen molar-refractivity contribution in [1.29, 1.82) is 0 Å². The summed E-state index contributed by atoms with van der Waals surface area (Å²) in [6, 6.07) is 8.64. The molecule has 3 heterocycles. The van der Waals surface area contributed by atoms with Gasteiger partial charge in [0.1, 0.15) is 13.2 Å². The molecule has 0 spiro atoms. The van der Waals surface area contributed by atoms with E-state index in [9.17, 15) is 9.59 Å². The van der Waals surface area contributed by atoms with Gasteiger partial charge in [0, 0.05) is 37.9 Å². The lowest BCUT2D eigenvalue weighted by atomic mass is 10.2. The van der Waals surface area contributed by atoms with E-state index in [0.29, 0.717) is 62.4 Å². The molecular formula is C18H19N5O4. The zero-order chi connectivity index (χ0) is 18.6. The normalized spacial score (nSPS) is 16.0. The maximum absolute atomic E-state index is 12.4. The first-order valence-electron chi connectivity index (χ1n) is 8.72. The van der Waals surface area contributed by atoms with Crippen LogP contribution in [0, 0.1) is 0 Å². The number of nitrogens with one attached hydrogen (secondary N) is 1. The minimum Gasteiger partial charge on any atom is -0.486 e. The number of ether oxygens (including phenoxy) is 2. The number of hydrogen-bond donors (Lipinski definition) is 1. The maximum atomic E-state index is 12.4. The van der Waals surface area contributed by atoms with Crippen LogP contribution in [-0.4, -0.2) is 66.8 Å². The molecule has 2 amide bonds. The molecule has 2 aliphatic heterocycles. The Morgan fingerprint density at radius 2 is 1.78 bits per heavy atom. The van der Waals surface area contributed by atoms with Crippen molar-refractivity contribution < 1.29 is 19.1 Å². The summed E-state index contributed by atoms with van der Waals surface area (Å²) in [6.07, 6.45) is 0.855. The lowest BCUT2D eigenvalue weighted by Crippen LogP contribution is -2.46. The minimum absolute atomic E-state index is 0.222. The van der Waals surface area contributed by atoms with Crippen LogP contribution in [0.15, 0.2) is 30.3 Å². The predicted molar refractivity (Wildman–Crippen MR) is 97.3 cm³/mol. The highest BCUT2D eigenvalue weighted by atomic mass is 16.6. The fourth-order valence-electron chi connectivity index (χ4n) is 2.99. The van der Waals surface area contributed by atoms with Crippen molar-refractivity contribution in [3.8, 4) is 11.5 Å². The third kappa shape index (κ3) is 3.76. The zero-order valence-corrected chi connectivity index (χ0v) is 14.6. The number of rotatable bonds is 4. The molecule has 4 rings (SSSR count). The zero-order valence-electron chi connectivity index (χ0n) is 14.6. The van der Waals surface area contributed by atoms with Gasteiger partial charge in [0.15, 0.2) is 23.0 Å². The summed E-state index contributed by atoms with van der Waals surface area (Å²) in [5, 5.41) is 11.0. The third-order valence-corrected chi connectivity index (χ3v) is 4.47. The van der Waals surface area contributed by atoms with Crippen LogP contribution >= 0.6 is 0 Å². The van der Waals surface area contributed by atoms with E-state index in [0.717, 1.165) is 6.41 Å². The number of hydrogen-bond acceptors (Lipinski definition) is 7. The van der Waals surface area contributed by atoms with E-state index in [1.165, 1.54) is 0 Å². The van der Waals surface area contributed by atoms with Gasteiger partial charge < -0.3 is 24.6 Å². The Morgan fingerprint density at radius 1 is 1.00 bits per heavy atom. The Labute approximate surface area is 155 Å². The fourth-order valence-corrected chi connectivity index (χ4v) is 2.99. The number of aromatic nitrogens is 2. The SMILES string of the molecule is O=CN1CCN(c2ccc(C(=O)Nc3ccc4c(c3)OCCO4)nn2)CC1. The third-order valence-electron chi connectivity index (χ3n) is 4.47. The molecule has 9 nitrogen and oxygen atoms in total. The lowest BCUT2D eigenvalue weighted by molar-refractivity contribution is -0.118. The first-order chi connectivity index (χ1) is 13.2. The smallest absolute Gasteiger partial charge is 0.276 e. The van der Waals surface area contributed by atoms with E-state index in [4.69, 9.17) is 9.47 Å². The minimum atomic E-state index is -0.350. The van der Waals surface area contributed by atoms with E-state index in [2.05, 4.69) is 15.5 Å². The summed E-state index contributed by atoms with van der Waals surface area (Å²) >= 11 is 0. The van der Waals surface area contributed by atoms with Crippen molar-refractivity contribution in [2.75, 3.05) is 49.6 Å². The van der Waals surface area contributed by atoms with Gasteiger partial charge in [0.2, 0.25) is 6.41 Å². The molecule has 1 fully saturated rings. The average Bonchev–Trinajstić information content (AvgIpc) is 2.74. The average molecular weight is 369 g/mol. The molecule has 0 unspecified atom stereocenters. The summed E-state index contributed by atoms with van der Waals surface area (Å²) in [7, 11) is 0. The van der Waals surface area contributed by atoms with Crippen LogP contribution in [0.2, 0.25) is 0 Å². The molecule has 1 N–H and O–H groups in total. The molecule has 0 atom stereocenters. The van der Waals surface area contributed by atoms with Gasteiger partial charge in [-0.15, -0.1) is 10.2 Å². The quantitative estimate of drug-likeness (QED) is 0.796. The maximum Gasteiger partial charge on any atom is 0.276 e. The number of piperazine rings is 1. The van der Waals surface area contributed by atoms with Gasteiger partial charge in [-0.3, -0.25) is 9.59 Å². The van der Waals surface area contributed by atoms with Crippen LogP contribution in [-0.2, 0) is 4.79 Å². The van der Waals surface area contributed by atoms with E-state index < -0.39 is 0 Å². The standard InChI is InChI=1S/C18H19N5O4/c24-12-22-5-7-23(8-6-22)17-4-2-14(20-21-17)18(25)19-13-1-3-15-16(11-13)27-10-9-26-15/h1-4,11-12H,5-10H2,(H,19,25). The number of anilines is 2. The van der Waals surface area contributed by atoms with Crippen LogP contribution in [0.1, 0.15) is 10.5 Å². The summed E-state index contributed by atoms with van der Waals surface area (Å²) in [4.78, 5) is 26.9. The number of carbonyl (C=O) groups excluding carboxylic acids is 2. The number of amides is 2. The number of benzene rings is 1. The molecule has 0 bridgehead atoms. The predicted octanol–water partition coefficient (Wildman–Crippen LogP) is 0.778. The molecule has 2 aliphatic rings. The second-order valence-corrected chi connectivity index (χ2v) is 6.22. The highest BCUT2D eigenvalue weighted by Crippen LogP contribution is 2.32. The van der Waals surface area contributed by atoms with E-state index in [-0.39, 0.29) is 11.6 Å². The van der Waals surface area contributed by atoms with Gasteiger partial charge >= 0.3 is 0 Å². The first kappa shape index (κ1) is 17.1. The summed E-state index contributed by atoms with van der Waals surface area (Å²) in [5.41, 5.74) is 0.820. The van der Waals surface area contributed by atoms with Gasteiger partial charge in [0.05, 0.1) is 0 Å². The van der Waals surface area contributed by atoms with Crippen molar-refractivity contribution in [3.63, 3.8) is 0 Å². The first-order valence-corrected chi connectivity index (χ1v) is 8.72. The Balaban J connectivity index is 1.40. The van der Waals surface area contributed by atoms with Gasteiger partial charge in [-0.25, -0.2) is 0 Å². The fraction of sp³-hybridized carbons (Fsp3) is 0.333. The van der Waals surface area contributed by atoms with Crippen LogP contribution < -0.4 is 19.7 Å².